The van der Waals surface area contributed by atoms with Crippen LogP contribution < -0.4 is 4.90 Å². The zero-order valence-electron chi connectivity index (χ0n) is 15.4. The molecule has 0 radical (unpaired) electrons. The summed E-state index contributed by atoms with van der Waals surface area (Å²) < 4.78 is 0.544. The second-order valence-electron chi connectivity index (χ2n) is 8.21. The highest BCUT2D eigenvalue weighted by Gasteiger charge is 2.18. The van der Waals surface area contributed by atoms with Crippen molar-refractivity contribution in [2.45, 2.75) is 52.4 Å². The molecule has 0 aliphatic rings. The number of anilines is 2. The van der Waals surface area contributed by atoms with Gasteiger partial charge in [0.05, 0.1) is 0 Å². The molecule has 2 rings (SSSR count). The number of hydrogen-bond donors (Lipinski definition) is 1. The fourth-order valence-electron chi connectivity index (χ4n) is 2.59. The van der Waals surface area contributed by atoms with E-state index >= 15 is 0 Å². The Morgan fingerprint density at radius 2 is 1.00 bits per heavy atom. The van der Waals surface area contributed by atoms with Gasteiger partial charge in [-0.15, -0.1) is 12.6 Å². The molecule has 2 aromatic rings. The van der Waals surface area contributed by atoms with Gasteiger partial charge in [0.2, 0.25) is 0 Å². The predicted octanol–water partition coefficient (Wildman–Crippen LogP) is 6.63. The smallest absolute Gasteiger partial charge is 0.142 e. The lowest BCUT2D eigenvalue weighted by Crippen LogP contribution is -2.20. The first kappa shape index (κ1) is 19.0. The summed E-state index contributed by atoms with van der Waals surface area (Å²) in [5, 5.41) is 0. The van der Waals surface area contributed by atoms with Gasteiger partial charge in [0, 0.05) is 11.4 Å². The Hall–Kier alpha value is -1.32. The SMILES string of the molecule is CC(C)(C)c1ccc(N(C(=S)S)c2ccc(C(C)(C)C)cc2)cc1. The number of hydrogen-bond acceptors (Lipinski definition) is 1. The van der Waals surface area contributed by atoms with Gasteiger partial charge in [-0.05, 0) is 46.2 Å². The Bertz CT molecular complexity index is 644. The third-order valence-electron chi connectivity index (χ3n) is 4.17. The molecule has 0 bridgehead atoms. The zero-order chi connectivity index (χ0) is 18.1. The lowest BCUT2D eigenvalue weighted by Gasteiger charge is -2.26. The fraction of sp³-hybridized carbons (Fsp3) is 0.381. The van der Waals surface area contributed by atoms with Gasteiger partial charge in [0.15, 0.2) is 0 Å². The van der Waals surface area contributed by atoms with Crippen LogP contribution in [-0.2, 0) is 10.8 Å². The summed E-state index contributed by atoms with van der Waals surface area (Å²) in [4.78, 5) is 2.00. The summed E-state index contributed by atoms with van der Waals surface area (Å²) in [7, 11) is 0. The highest BCUT2D eigenvalue weighted by Crippen LogP contribution is 2.32. The standard InChI is InChI=1S/C21H27NS2/c1-20(2,3)15-7-11-17(12-8-15)22(19(23)24)18-13-9-16(10-14-18)21(4,5)6/h7-14H,1-6H3,(H,23,24). The summed E-state index contributed by atoms with van der Waals surface area (Å²) in [6.45, 7) is 13.3. The molecule has 0 aromatic heterocycles. The third kappa shape index (κ3) is 4.40. The van der Waals surface area contributed by atoms with Gasteiger partial charge in [-0.1, -0.05) is 78.0 Å². The maximum Gasteiger partial charge on any atom is 0.142 e. The molecule has 0 atom stereocenters. The van der Waals surface area contributed by atoms with Crippen LogP contribution in [0.1, 0.15) is 52.7 Å². The van der Waals surface area contributed by atoms with E-state index in [1.54, 1.807) is 0 Å². The van der Waals surface area contributed by atoms with Crippen LogP contribution in [0.2, 0.25) is 0 Å². The Morgan fingerprint density at radius 3 is 1.21 bits per heavy atom. The Kier molecular flexibility index (Phi) is 5.46. The molecular weight excluding hydrogens is 330 g/mol. The van der Waals surface area contributed by atoms with Gasteiger partial charge >= 0.3 is 0 Å². The monoisotopic (exact) mass is 357 g/mol. The average Bonchev–Trinajstić information content (AvgIpc) is 2.46. The number of thiol groups is 1. The van der Waals surface area contributed by atoms with Crippen LogP contribution in [0.4, 0.5) is 11.4 Å². The van der Waals surface area contributed by atoms with E-state index in [-0.39, 0.29) is 10.8 Å². The predicted molar refractivity (Wildman–Crippen MR) is 114 cm³/mol. The van der Waals surface area contributed by atoms with Crippen molar-refractivity contribution in [1.82, 2.24) is 0 Å². The molecular formula is C21H27NS2. The molecule has 0 saturated heterocycles. The largest absolute Gasteiger partial charge is 0.296 e. The van der Waals surface area contributed by atoms with Crippen LogP contribution in [0.3, 0.4) is 0 Å². The van der Waals surface area contributed by atoms with Crippen molar-refractivity contribution in [3.05, 3.63) is 59.7 Å². The molecule has 0 spiro atoms. The van der Waals surface area contributed by atoms with Gasteiger partial charge < -0.3 is 0 Å². The Morgan fingerprint density at radius 1 is 0.708 bits per heavy atom. The lowest BCUT2D eigenvalue weighted by atomic mass is 9.87. The summed E-state index contributed by atoms with van der Waals surface area (Å²) in [5.41, 5.74) is 4.95. The van der Waals surface area contributed by atoms with Gasteiger partial charge in [-0.25, -0.2) is 0 Å². The van der Waals surface area contributed by atoms with Crippen LogP contribution in [-0.4, -0.2) is 4.32 Å². The van der Waals surface area contributed by atoms with E-state index in [0.717, 1.165) is 11.4 Å². The Labute approximate surface area is 157 Å². The van der Waals surface area contributed by atoms with E-state index in [1.165, 1.54) is 11.1 Å². The minimum Gasteiger partial charge on any atom is -0.296 e. The molecule has 24 heavy (non-hydrogen) atoms. The number of benzene rings is 2. The highest BCUT2D eigenvalue weighted by atomic mass is 32.1. The molecule has 0 saturated carbocycles. The molecule has 0 aliphatic carbocycles. The van der Waals surface area contributed by atoms with Gasteiger partial charge in [0.1, 0.15) is 4.32 Å². The van der Waals surface area contributed by atoms with E-state index in [2.05, 4.69) is 103 Å². The van der Waals surface area contributed by atoms with Gasteiger partial charge in [0.25, 0.3) is 0 Å². The van der Waals surface area contributed by atoms with E-state index in [1.807, 2.05) is 4.90 Å². The number of rotatable bonds is 2. The summed E-state index contributed by atoms with van der Waals surface area (Å²) in [6, 6.07) is 17.1. The van der Waals surface area contributed by atoms with Crippen LogP contribution in [0.5, 0.6) is 0 Å². The van der Waals surface area contributed by atoms with Gasteiger partial charge in [-0.3, -0.25) is 4.90 Å². The first-order valence-corrected chi connectivity index (χ1v) is 9.10. The maximum atomic E-state index is 5.38. The second kappa shape index (κ2) is 6.89. The van der Waals surface area contributed by atoms with Crippen molar-refractivity contribution in [2.24, 2.45) is 0 Å². The van der Waals surface area contributed by atoms with Crippen LogP contribution in [0.15, 0.2) is 48.5 Å². The van der Waals surface area contributed by atoms with Crippen LogP contribution in [0.25, 0.3) is 0 Å². The quantitative estimate of drug-likeness (QED) is 0.474. The molecule has 0 aliphatic heterocycles. The molecule has 3 heteroatoms. The fourth-order valence-corrected chi connectivity index (χ4v) is 3.03. The molecule has 0 heterocycles. The first-order chi connectivity index (χ1) is 11.0. The molecule has 0 amide bonds. The number of nitrogens with zero attached hydrogens (tertiary/aromatic N) is 1. The maximum absolute atomic E-state index is 5.38. The topological polar surface area (TPSA) is 3.24 Å². The van der Waals surface area contributed by atoms with Crippen molar-refractivity contribution in [2.75, 3.05) is 4.90 Å². The molecule has 0 N–H and O–H groups in total. The molecule has 2 aromatic carbocycles. The van der Waals surface area contributed by atoms with Crippen LogP contribution in [0, 0.1) is 0 Å². The van der Waals surface area contributed by atoms with E-state index in [0.29, 0.717) is 4.32 Å². The van der Waals surface area contributed by atoms with E-state index in [4.69, 9.17) is 12.2 Å². The molecule has 0 unspecified atom stereocenters. The van der Waals surface area contributed by atoms with Crippen molar-refractivity contribution >= 4 is 40.5 Å². The summed E-state index contributed by atoms with van der Waals surface area (Å²) in [5.74, 6) is 0. The minimum absolute atomic E-state index is 0.138. The van der Waals surface area contributed by atoms with E-state index in [9.17, 15) is 0 Å². The van der Waals surface area contributed by atoms with Crippen molar-refractivity contribution in [3.8, 4) is 0 Å². The number of thiocarbonyl (C=S) groups is 1. The van der Waals surface area contributed by atoms with Crippen molar-refractivity contribution in [3.63, 3.8) is 0 Å². The minimum atomic E-state index is 0.138. The summed E-state index contributed by atoms with van der Waals surface area (Å²) >= 11 is 9.82. The molecule has 0 fully saturated rings. The third-order valence-corrected chi connectivity index (χ3v) is 4.56. The van der Waals surface area contributed by atoms with Crippen LogP contribution >= 0.6 is 24.8 Å². The molecule has 1 nitrogen and oxygen atoms in total. The van der Waals surface area contributed by atoms with E-state index < -0.39 is 0 Å². The first-order valence-electron chi connectivity index (χ1n) is 8.24. The van der Waals surface area contributed by atoms with Gasteiger partial charge in [-0.2, -0.15) is 0 Å². The Balaban J connectivity index is 2.38. The second-order valence-corrected chi connectivity index (χ2v) is 9.32. The highest BCUT2D eigenvalue weighted by molar-refractivity contribution is 8.11. The average molecular weight is 358 g/mol. The van der Waals surface area contributed by atoms with Crippen molar-refractivity contribution < 1.29 is 0 Å². The summed E-state index contributed by atoms with van der Waals surface area (Å²) in [6.07, 6.45) is 0. The normalized spacial score (nSPS) is 12.1. The molecule has 128 valence electrons. The zero-order valence-corrected chi connectivity index (χ0v) is 17.1. The van der Waals surface area contributed by atoms with Crippen molar-refractivity contribution in [1.29, 1.82) is 0 Å². The lowest BCUT2D eigenvalue weighted by molar-refractivity contribution is 0.590.